The first-order valence-corrected chi connectivity index (χ1v) is 9.36. The number of nitrogens with zero attached hydrogens (tertiary/aromatic N) is 4. The number of rotatable bonds is 7. The monoisotopic (exact) mass is 415 g/mol. The van der Waals surface area contributed by atoms with Crippen LogP contribution in [0.5, 0.6) is 0 Å². The van der Waals surface area contributed by atoms with Crippen LogP contribution in [0.3, 0.4) is 0 Å². The maximum atomic E-state index is 11.3. The van der Waals surface area contributed by atoms with Gasteiger partial charge in [-0.15, -0.1) is 0 Å². The molecule has 1 aromatic heterocycles. The summed E-state index contributed by atoms with van der Waals surface area (Å²) in [7, 11) is 0. The van der Waals surface area contributed by atoms with Gasteiger partial charge in [-0.1, -0.05) is 48.5 Å². The maximum Gasteiger partial charge on any atom is 0.301 e. The Bertz CT molecular complexity index is 1300. The molecule has 0 unspecified atom stereocenters. The second kappa shape index (κ2) is 8.46. The van der Waals surface area contributed by atoms with E-state index in [0.29, 0.717) is 6.54 Å². The molecule has 1 N–H and O–H groups in total. The van der Waals surface area contributed by atoms with Crippen molar-refractivity contribution < 1.29 is 9.85 Å². The largest absolute Gasteiger partial charge is 0.342 e. The SMILES string of the molecule is O=[N+]([O-])c1ccc(N/N=C\c2cn(Cc3ccccc3)c3ccccc23)c([N+](=O)[O-])c1. The Labute approximate surface area is 176 Å². The van der Waals surface area contributed by atoms with E-state index in [-0.39, 0.29) is 11.4 Å². The smallest absolute Gasteiger partial charge is 0.301 e. The van der Waals surface area contributed by atoms with Gasteiger partial charge in [0, 0.05) is 35.3 Å². The average Bonchev–Trinajstić information content (AvgIpc) is 3.12. The number of aromatic nitrogens is 1. The van der Waals surface area contributed by atoms with Crippen molar-refractivity contribution >= 4 is 34.2 Å². The predicted molar refractivity (Wildman–Crippen MR) is 118 cm³/mol. The highest BCUT2D eigenvalue weighted by Gasteiger charge is 2.19. The van der Waals surface area contributed by atoms with E-state index in [1.165, 1.54) is 12.1 Å². The van der Waals surface area contributed by atoms with Gasteiger partial charge in [-0.25, -0.2) is 0 Å². The van der Waals surface area contributed by atoms with Crippen molar-refractivity contribution in [3.8, 4) is 0 Å². The summed E-state index contributed by atoms with van der Waals surface area (Å²) in [5, 5.41) is 27.3. The fourth-order valence-electron chi connectivity index (χ4n) is 3.34. The van der Waals surface area contributed by atoms with Gasteiger partial charge in [0.1, 0.15) is 5.69 Å². The van der Waals surface area contributed by atoms with E-state index < -0.39 is 15.5 Å². The third kappa shape index (κ3) is 4.25. The summed E-state index contributed by atoms with van der Waals surface area (Å²) in [6.07, 6.45) is 3.54. The molecule has 0 saturated heterocycles. The minimum Gasteiger partial charge on any atom is -0.342 e. The van der Waals surface area contributed by atoms with Crippen molar-refractivity contribution in [2.24, 2.45) is 5.10 Å². The number of hydrogen-bond acceptors (Lipinski definition) is 6. The summed E-state index contributed by atoms with van der Waals surface area (Å²) in [6.45, 7) is 0.691. The molecular weight excluding hydrogens is 398 g/mol. The van der Waals surface area contributed by atoms with E-state index in [1.54, 1.807) is 6.21 Å². The van der Waals surface area contributed by atoms with Gasteiger partial charge < -0.3 is 4.57 Å². The molecule has 0 amide bonds. The number of hydrazone groups is 1. The molecule has 0 fully saturated rings. The molecule has 4 aromatic rings. The molecule has 31 heavy (non-hydrogen) atoms. The zero-order valence-corrected chi connectivity index (χ0v) is 16.2. The number of fused-ring (bicyclic) bond motifs is 1. The summed E-state index contributed by atoms with van der Waals surface area (Å²) >= 11 is 0. The number of non-ortho nitro benzene ring substituents is 1. The molecule has 9 heteroatoms. The molecule has 1 heterocycles. The van der Waals surface area contributed by atoms with Gasteiger partial charge in [-0.2, -0.15) is 5.10 Å². The Morgan fingerprint density at radius 2 is 1.68 bits per heavy atom. The quantitative estimate of drug-likeness (QED) is 0.260. The van der Waals surface area contributed by atoms with Gasteiger partial charge in [0.25, 0.3) is 5.69 Å². The van der Waals surface area contributed by atoms with Gasteiger partial charge in [-0.05, 0) is 17.7 Å². The Hall–Kier alpha value is -4.53. The topological polar surface area (TPSA) is 116 Å². The van der Waals surface area contributed by atoms with Crippen molar-refractivity contribution in [1.29, 1.82) is 0 Å². The average molecular weight is 415 g/mol. The molecule has 154 valence electrons. The van der Waals surface area contributed by atoms with E-state index >= 15 is 0 Å². The highest BCUT2D eigenvalue weighted by molar-refractivity contribution is 5.99. The lowest BCUT2D eigenvalue weighted by Crippen LogP contribution is -1.99. The molecule has 0 aliphatic rings. The van der Waals surface area contributed by atoms with Crippen LogP contribution in [0.15, 0.2) is 84.1 Å². The lowest BCUT2D eigenvalue weighted by Gasteiger charge is -2.05. The number of hydrogen-bond donors (Lipinski definition) is 1. The van der Waals surface area contributed by atoms with Crippen LogP contribution in [-0.2, 0) is 6.54 Å². The fraction of sp³-hybridized carbons (Fsp3) is 0.0455. The second-order valence-corrected chi connectivity index (χ2v) is 6.80. The van der Waals surface area contributed by atoms with Crippen molar-refractivity contribution in [1.82, 2.24) is 4.57 Å². The van der Waals surface area contributed by atoms with Crippen LogP contribution in [0.4, 0.5) is 17.1 Å². The van der Waals surface area contributed by atoms with Crippen LogP contribution in [0.1, 0.15) is 11.1 Å². The van der Waals surface area contributed by atoms with Crippen molar-refractivity contribution in [2.45, 2.75) is 6.54 Å². The summed E-state index contributed by atoms with van der Waals surface area (Å²) in [6, 6.07) is 21.3. The second-order valence-electron chi connectivity index (χ2n) is 6.80. The van der Waals surface area contributed by atoms with Crippen LogP contribution in [-0.4, -0.2) is 20.6 Å². The minimum atomic E-state index is -0.684. The van der Waals surface area contributed by atoms with E-state index in [2.05, 4.69) is 27.2 Å². The number of nitro benzene ring substituents is 2. The molecule has 0 bridgehead atoms. The van der Waals surface area contributed by atoms with Gasteiger partial charge >= 0.3 is 5.69 Å². The summed E-state index contributed by atoms with van der Waals surface area (Å²) < 4.78 is 2.11. The molecule has 0 aliphatic carbocycles. The highest BCUT2D eigenvalue weighted by Crippen LogP contribution is 2.29. The molecular formula is C22H17N5O4. The number of anilines is 1. The van der Waals surface area contributed by atoms with Gasteiger partial charge in [0.2, 0.25) is 0 Å². The molecule has 0 radical (unpaired) electrons. The van der Waals surface area contributed by atoms with Crippen LogP contribution in [0, 0.1) is 20.2 Å². The molecule has 0 spiro atoms. The number of benzene rings is 3. The number of nitro groups is 2. The van der Waals surface area contributed by atoms with Crippen molar-refractivity contribution in [3.63, 3.8) is 0 Å². The molecule has 9 nitrogen and oxygen atoms in total. The first kappa shape index (κ1) is 19.8. The van der Waals surface area contributed by atoms with Crippen molar-refractivity contribution in [3.05, 3.63) is 110 Å². The Kier molecular flexibility index (Phi) is 5.39. The van der Waals surface area contributed by atoms with Crippen LogP contribution >= 0.6 is 0 Å². The standard InChI is InChI=1S/C22H17N5O4/c28-26(29)18-10-11-20(22(12-18)27(30)31)24-23-13-17-15-25(14-16-6-2-1-3-7-16)21-9-5-4-8-19(17)21/h1-13,15,24H,14H2/b23-13-. The number of para-hydroxylation sites is 1. The van der Waals surface area contributed by atoms with Gasteiger partial charge in [-0.3, -0.25) is 25.7 Å². The van der Waals surface area contributed by atoms with Crippen LogP contribution in [0.25, 0.3) is 10.9 Å². The summed E-state index contributed by atoms with van der Waals surface area (Å²) in [5.41, 5.74) is 4.95. The first-order valence-electron chi connectivity index (χ1n) is 9.36. The molecule has 0 saturated carbocycles. The lowest BCUT2D eigenvalue weighted by molar-refractivity contribution is -0.393. The Balaban J connectivity index is 1.62. The van der Waals surface area contributed by atoms with E-state index in [9.17, 15) is 20.2 Å². The Morgan fingerprint density at radius 1 is 0.935 bits per heavy atom. The number of nitrogens with one attached hydrogen (secondary N) is 1. The van der Waals surface area contributed by atoms with E-state index in [1.807, 2.05) is 48.7 Å². The minimum absolute atomic E-state index is 0.0693. The highest BCUT2D eigenvalue weighted by atomic mass is 16.6. The zero-order valence-electron chi connectivity index (χ0n) is 16.2. The molecule has 0 aliphatic heterocycles. The Morgan fingerprint density at radius 3 is 2.42 bits per heavy atom. The normalized spacial score (nSPS) is 11.1. The summed E-state index contributed by atoms with van der Waals surface area (Å²) in [4.78, 5) is 20.8. The molecule has 4 rings (SSSR count). The fourth-order valence-corrected chi connectivity index (χ4v) is 3.34. The van der Waals surface area contributed by atoms with E-state index in [4.69, 9.17) is 0 Å². The van der Waals surface area contributed by atoms with Crippen LogP contribution in [0.2, 0.25) is 0 Å². The van der Waals surface area contributed by atoms with E-state index in [0.717, 1.165) is 28.1 Å². The maximum absolute atomic E-state index is 11.3. The summed E-state index contributed by atoms with van der Waals surface area (Å²) in [5.74, 6) is 0. The predicted octanol–water partition coefficient (Wildman–Crippen LogP) is 4.95. The van der Waals surface area contributed by atoms with Crippen molar-refractivity contribution in [2.75, 3.05) is 5.43 Å². The zero-order chi connectivity index (χ0) is 21.8. The van der Waals surface area contributed by atoms with Gasteiger partial charge in [0.05, 0.1) is 22.1 Å². The third-order valence-electron chi connectivity index (χ3n) is 4.79. The molecule has 3 aromatic carbocycles. The lowest BCUT2D eigenvalue weighted by atomic mass is 10.2. The third-order valence-corrected chi connectivity index (χ3v) is 4.79. The molecule has 0 atom stereocenters. The van der Waals surface area contributed by atoms with Crippen LogP contribution < -0.4 is 5.43 Å². The first-order chi connectivity index (χ1) is 15.0. The van der Waals surface area contributed by atoms with Gasteiger partial charge in [0.15, 0.2) is 0 Å².